The first-order valence-corrected chi connectivity index (χ1v) is 46.0. The Morgan fingerprint density at radius 2 is 0.528 bits per heavy atom. The van der Waals surface area contributed by atoms with Crippen molar-refractivity contribution in [3.8, 4) is 55.6 Å². The van der Waals surface area contributed by atoms with E-state index in [4.69, 9.17) is 0 Å². The molecule has 0 aromatic heterocycles. The van der Waals surface area contributed by atoms with E-state index in [9.17, 15) is 0 Å². The molecule has 0 saturated heterocycles. The van der Waals surface area contributed by atoms with Crippen LogP contribution in [0.5, 0.6) is 0 Å². The van der Waals surface area contributed by atoms with Crippen molar-refractivity contribution in [2.75, 3.05) is 0 Å². The van der Waals surface area contributed by atoms with E-state index in [1.807, 2.05) is 0 Å². The zero-order valence-electron chi connectivity index (χ0n) is 74.2. The van der Waals surface area contributed by atoms with Crippen molar-refractivity contribution in [2.45, 2.75) is 161 Å². The van der Waals surface area contributed by atoms with E-state index in [1.165, 1.54) is 235 Å². The van der Waals surface area contributed by atoms with Crippen molar-refractivity contribution in [1.82, 2.24) is 0 Å². The van der Waals surface area contributed by atoms with E-state index in [0.29, 0.717) is 0 Å². The summed E-state index contributed by atoms with van der Waals surface area (Å²) in [5.74, 6) is 0. The molecule has 10 aliphatic carbocycles. The largest absolute Gasteiger partial charge is 0.0885 e. The normalized spacial score (nSPS) is 18.4. The number of allylic oxidation sites excluding steroid dienone is 20. The van der Waals surface area contributed by atoms with Gasteiger partial charge in [-0.1, -0.05) is 392 Å². The molecule has 15 aromatic carbocycles. The maximum atomic E-state index is 2.50. The molecule has 0 heteroatoms. The number of rotatable bonds is 0. The van der Waals surface area contributed by atoms with Gasteiger partial charge in [-0.2, -0.15) is 0 Å². The van der Waals surface area contributed by atoms with E-state index in [0.717, 1.165) is 38.5 Å². The summed E-state index contributed by atoms with van der Waals surface area (Å²) in [5.41, 5.74) is 42.5. The summed E-state index contributed by atoms with van der Waals surface area (Å²) < 4.78 is 0. The molecule has 125 heavy (non-hydrogen) atoms. The second-order valence-corrected chi connectivity index (χ2v) is 37.5. The van der Waals surface area contributed by atoms with Crippen LogP contribution in [0.1, 0.15) is 175 Å². The Bertz CT molecular complexity index is 7170. The van der Waals surface area contributed by atoms with Gasteiger partial charge < -0.3 is 0 Å². The zero-order chi connectivity index (χ0) is 85.1. The average Bonchev–Trinajstić information content (AvgIpc) is 1.58. The average molecular weight is 1610 g/mol. The fourth-order valence-electron chi connectivity index (χ4n) is 24.0. The van der Waals surface area contributed by atoms with Gasteiger partial charge in [0.05, 0.1) is 10.8 Å². The Morgan fingerprint density at radius 3 is 0.968 bits per heavy atom. The molecule has 610 valence electrons. The molecule has 0 aliphatic heterocycles. The van der Waals surface area contributed by atoms with Gasteiger partial charge in [-0.3, -0.25) is 0 Å². The third kappa shape index (κ3) is 12.7. The van der Waals surface area contributed by atoms with Gasteiger partial charge in [0, 0.05) is 16.2 Å². The van der Waals surface area contributed by atoms with Crippen molar-refractivity contribution in [2.24, 2.45) is 0 Å². The molecule has 0 bridgehead atoms. The smallest absolute Gasteiger partial charge is 0.0581 e. The Hall–Kier alpha value is -13.0. The van der Waals surface area contributed by atoms with Crippen LogP contribution in [-0.4, -0.2) is 0 Å². The Balaban J connectivity index is 0.0000000956. The molecule has 2 atom stereocenters. The topological polar surface area (TPSA) is 0 Å². The molecule has 0 amide bonds. The number of fused-ring (bicyclic) bond motifs is 35. The van der Waals surface area contributed by atoms with Crippen LogP contribution in [0, 0.1) is 69.2 Å². The highest BCUT2D eigenvalue weighted by Gasteiger charge is 2.48. The quantitative estimate of drug-likeness (QED) is 0.133. The maximum absolute atomic E-state index is 2.50. The molecule has 15 aromatic rings. The SMILES string of the molecule is Cc1ccc2c(c1)C1(C=CC=CC=C1)c1cc(C)c3ccccc3c1-2.Cc1ccc2c(c1)C1(C=CC=CCC1)c1cc(C)c3ccccc3c1-2.Cc1ccc2c(c1)C1(C=CCC=CC1)c1cc(C)c3ccccc3c1-2.Cc1ccc2c(c1)C1(C=CCCC=C1)c1cc(C)c3ccccc3c1-2.Cc1ccc2c(c1)C1(CCC=CCC1)c1cc(C)c3ccccc3c1-2. The maximum Gasteiger partial charge on any atom is 0.0581 e. The minimum Gasteiger partial charge on any atom is -0.0885 e. The number of hydrogen-bond donors (Lipinski definition) is 0. The summed E-state index contributed by atoms with van der Waals surface area (Å²) in [5, 5.41) is 13.8. The van der Waals surface area contributed by atoms with Gasteiger partial charge in [-0.05, 0) is 326 Å². The van der Waals surface area contributed by atoms with Crippen LogP contribution in [0.2, 0.25) is 0 Å². The molecule has 2 unspecified atom stereocenters. The van der Waals surface area contributed by atoms with Gasteiger partial charge >= 0.3 is 0 Å². The van der Waals surface area contributed by atoms with Crippen LogP contribution in [0.25, 0.3) is 109 Å². The monoisotopic (exact) mass is 1610 g/mol. The van der Waals surface area contributed by atoms with Crippen LogP contribution in [0.3, 0.4) is 0 Å². The molecule has 0 saturated carbocycles. The summed E-state index contributed by atoms with van der Waals surface area (Å²) in [6.07, 6.45) is 57.8. The van der Waals surface area contributed by atoms with Crippen LogP contribution >= 0.6 is 0 Å². The van der Waals surface area contributed by atoms with E-state index in [-0.39, 0.29) is 27.1 Å². The number of benzene rings is 15. The van der Waals surface area contributed by atoms with Crippen molar-refractivity contribution >= 4 is 53.9 Å². The summed E-state index contributed by atoms with van der Waals surface area (Å²) in [6, 6.07) is 91.5. The molecule has 5 spiro atoms. The molecule has 0 radical (unpaired) electrons. The van der Waals surface area contributed by atoms with Crippen molar-refractivity contribution in [1.29, 1.82) is 0 Å². The lowest BCUT2D eigenvalue weighted by molar-refractivity contribution is 0.463. The van der Waals surface area contributed by atoms with Gasteiger partial charge in [-0.25, -0.2) is 0 Å². The Labute approximate surface area is 740 Å². The molecular formula is C125H110. The minimum absolute atomic E-state index is 0.00891. The van der Waals surface area contributed by atoms with Crippen molar-refractivity contribution < 1.29 is 0 Å². The number of hydrogen-bond acceptors (Lipinski definition) is 0. The fraction of sp³-hybridized carbons (Fsp3) is 0.200. The summed E-state index contributed by atoms with van der Waals surface area (Å²) >= 11 is 0. The standard InChI is InChI=1S/C25H24.3C25H22.C25H20/c5*1-17-11-12-21-22(15-17)25(13-7-3-4-8-14-25)23-16-18(2)19-9-5-6-10-20(19)24(21)23/h3-6,9-12,15-16H,7-8,13-14H2,1-2H3;5-16H,3-4H2,1-2H3;3,5-12,14-16H,4,13H2,1-2H3;3-7,9-13,15-16H,8,14H2,1-2H3;3-16H,1-2H3. The summed E-state index contributed by atoms with van der Waals surface area (Å²) in [7, 11) is 0. The highest BCUT2D eigenvalue weighted by atomic mass is 14.5. The minimum atomic E-state index is -0.172. The molecule has 0 N–H and O–H groups in total. The van der Waals surface area contributed by atoms with Crippen LogP contribution < -0.4 is 0 Å². The van der Waals surface area contributed by atoms with Crippen molar-refractivity contribution in [3.05, 3.63) is 475 Å². The lowest BCUT2D eigenvalue weighted by Gasteiger charge is -2.31. The highest BCUT2D eigenvalue weighted by Crippen LogP contribution is 2.62. The van der Waals surface area contributed by atoms with Crippen molar-refractivity contribution in [3.63, 3.8) is 0 Å². The molecule has 0 nitrogen and oxygen atoms in total. The first kappa shape index (κ1) is 79.2. The highest BCUT2D eigenvalue weighted by molar-refractivity contribution is 6.10. The lowest BCUT2D eigenvalue weighted by atomic mass is 9.71. The van der Waals surface area contributed by atoms with Crippen LogP contribution in [0.15, 0.2) is 364 Å². The second kappa shape index (κ2) is 31.3. The predicted molar refractivity (Wildman–Crippen MR) is 536 cm³/mol. The number of aryl methyl sites for hydroxylation is 10. The van der Waals surface area contributed by atoms with Crippen LogP contribution in [0.4, 0.5) is 0 Å². The van der Waals surface area contributed by atoms with Gasteiger partial charge in [0.15, 0.2) is 0 Å². The first-order chi connectivity index (χ1) is 61.0. The first-order valence-electron chi connectivity index (χ1n) is 46.0. The molecule has 25 rings (SSSR count). The molecule has 0 fully saturated rings. The fourth-order valence-corrected chi connectivity index (χ4v) is 24.0. The zero-order valence-corrected chi connectivity index (χ0v) is 74.2. The summed E-state index contributed by atoms with van der Waals surface area (Å²) in [6.45, 7) is 22.3. The molecular weight excluding hydrogens is 1500 g/mol. The third-order valence-electron chi connectivity index (χ3n) is 29.8. The van der Waals surface area contributed by atoms with Gasteiger partial charge in [0.2, 0.25) is 0 Å². The summed E-state index contributed by atoms with van der Waals surface area (Å²) in [4.78, 5) is 0. The van der Waals surface area contributed by atoms with E-state index >= 15 is 0 Å². The third-order valence-corrected chi connectivity index (χ3v) is 29.8. The van der Waals surface area contributed by atoms with E-state index < -0.39 is 0 Å². The van der Waals surface area contributed by atoms with Gasteiger partial charge in [0.1, 0.15) is 0 Å². The lowest BCUT2D eigenvalue weighted by Crippen LogP contribution is -2.24. The van der Waals surface area contributed by atoms with Gasteiger partial charge in [-0.15, -0.1) is 0 Å². The van der Waals surface area contributed by atoms with E-state index in [1.54, 1.807) is 11.1 Å². The van der Waals surface area contributed by atoms with Gasteiger partial charge in [0.25, 0.3) is 0 Å². The molecule has 10 aliphatic rings. The Kier molecular flexibility index (Phi) is 19.9. The predicted octanol–water partition coefficient (Wildman–Crippen LogP) is 33.1. The van der Waals surface area contributed by atoms with E-state index in [2.05, 4.69) is 433 Å². The second-order valence-electron chi connectivity index (χ2n) is 37.5. The molecule has 0 heterocycles. The van der Waals surface area contributed by atoms with Crippen LogP contribution in [-0.2, 0) is 27.1 Å². The Morgan fingerprint density at radius 1 is 0.200 bits per heavy atom.